The van der Waals surface area contributed by atoms with E-state index in [1.54, 1.807) is 0 Å². The topological polar surface area (TPSA) is 199 Å². The summed E-state index contributed by atoms with van der Waals surface area (Å²) in [4.78, 5) is 0. The minimum atomic E-state index is -1.58. The fourth-order valence-corrected chi connectivity index (χ4v) is 7.88. The van der Waals surface area contributed by atoms with Crippen molar-refractivity contribution >= 4 is 0 Å². The molecule has 12 heteroatoms. The van der Waals surface area contributed by atoms with Gasteiger partial charge in [-0.2, -0.15) is 0 Å². The molecule has 0 aromatic carbocycles. The summed E-state index contributed by atoms with van der Waals surface area (Å²) in [5, 5.41) is 81.4. The summed E-state index contributed by atoms with van der Waals surface area (Å²) in [5.74, 6) is 0.455. The third-order valence-corrected chi connectivity index (χ3v) is 10.8. The Labute approximate surface area is 253 Å². The lowest BCUT2D eigenvalue weighted by Crippen LogP contribution is -2.59. The van der Waals surface area contributed by atoms with Crippen LogP contribution in [0.25, 0.3) is 0 Å². The molecule has 2 heterocycles. The summed E-state index contributed by atoms with van der Waals surface area (Å²) in [6.45, 7) is 9.86. The number of hydrogen-bond acceptors (Lipinski definition) is 12. The summed E-state index contributed by atoms with van der Waals surface area (Å²) < 4.78 is 22.1. The molecule has 4 fully saturated rings. The average molecular weight is 617 g/mol. The van der Waals surface area contributed by atoms with Gasteiger partial charge in [-0.1, -0.05) is 37.6 Å². The summed E-state index contributed by atoms with van der Waals surface area (Å²) >= 11 is 0. The molecular weight excluding hydrogens is 564 g/mol. The highest BCUT2D eigenvalue weighted by molar-refractivity contribution is 5.18. The SMILES string of the molecule is C=C1CCC2C(C)(CO)C(O)CCC2(C)C1CC/C(C)=C/COC1OC(COC2OC(CO)C(O)C2O)C(O)C(O)C1O. The fraction of sp³-hybridized carbons (Fsp3) is 0.871. The van der Waals surface area contributed by atoms with Gasteiger partial charge < -0.3 is 59.8 Å². The summed E-state index contributed by atoms with van der Waals surface area (Å²) in [6.07, 6.45) is -5.69. The molecule has 248 valence electrons. The van der Waals surface area contributed by atoms with E-state index in [0.717, 1.165) is 37.7 Å². The first-order valence-electron chi connectivity index (χ1n) is 15.5. The van der Waals surface area contributed by atoms with Crippen LogP contribution in [0.1, 0.15) is 59.3 Å². The fourth-order valence-electron chi connectivity index (χ4n) is 7.88. The highest BCUT2D eigenvalue weighted by Crippen LogP contribution is 2.61. The van der Waals surface area contributed by atoms with Crippen LogP contribution in [0.15, 0.2) is 23.8 Å². The van der Waals surface area contributed by atoms with E-state index in [1.165, 1.54) is 5.57 Å². The molecule has 14 unspecified atom stereocenters. The third kappa shape index (κ3) is 6.91. The van der Waals surface area contributed by atoms with Gasteiger partial charge in [0.1, 0.15) is 42.7 Å². The molecule has 0 aromatic rings. The maximum absolute atomic E-state index is 10.7. The maximum Gasteiger partial charge on any atom is 0.187 e. The Morgan fingerprint density at radius 3 is 2.19 bits per heavy atom. The van der Waals surface area contributed by atoms with Crippen LogP contribution in [0.4, 0.5) is 0 Å². The van der Waals surface area contributed by atoms with Crippen molar-refractivity contribution < 1.29 is 59.8 Å². The molecule has 0 spiro atoms. The van der Waals surface area contributed by atoms with Crippen molar-refractivity contribution in [3.63, 3.8) is 0 Å². The van der Waals surface area contributed by atoms with Gasteiger partial charge >= 0.3 is 0 Å². The Morgan fingerprint density at radius 1 is 0.907 bits per heavy atom. The quantitative estimate of drug-likeness (QED) is 0.142. The Bertz CT molecular complexity index is 976. The van der Waals surface area contributed by atoms with Crippen molar-refractivity contribution in [2.24, 2.45) is 22.7 Å². The number of hydrogen-bond donors (Lipinski definition) is 8. The van der Waals surface area contributed by atoms with Gasteiger partial charge in [0, 0.05) is 5.41 Å². The Balaban J connectivity index is 1.30. The molecule has 4 aliphatic rings. The molecule has 12 nitrogen and oxygen atoms in total. The zero-order chi connectivity index (χ0) is 31.7. The highest BCUT2D eigenvalue weighted by Gasteiger charge is 2.57. The monoisotopic (exact) mass is 616 g/mol. The lowest BCUT2D eigenvalue weighted by molar-refractivity contribution is -0.308. The first-order valence-corrected chi connectivity index (χ1v) is 15.5. The van der Waals surface area contributed by atoms with Gasteiger partial charge in [0.25, 0.3) is 0 Å². The lowest BCUT2D eigenvalue weighted by atomic mass is 9.46. The molecule has 0 aromatic heterocycles. The second kappa shape index (κ2) is 14.2. The maximum atomic E-state index is 10.7. The molecule has 2 saturated carbocycles. The van der Waals surface area contributed by atoms with E-state index in [0.29, 0.717) is 6.42 Å². The predicted molar refractivity (Wildman–Crippen MR) is 153 cm³/mol. The van der Waals surface area contributed by atoms with Gasteiger partial charge in [-0.25, -0.2) is 0 Å². The number of allylic oxidation sites excluding steroid dienone is 2. The molecular formula is C31H52O12. The van der Waals surface area contributed by atoms with Crippen LogP contribution in [0, 0.1) is 22.7 Å². The molecule has 2 aliphatic heterocycles. The van der Waals surface area contributed by atoms with E-state index in [2.05, 4.69) is 13.5 Å². The smallest absolute Gasteiger partial charge is 0.187 e. The molecule has 2 saturated heterocycles. The van der Waals surface area contributed by atoms with Crippen LogP contribution in [0.2, 0.25) is 0 Å². The Kier molecular flexibility index (Phi) is 11.5. The van der Waals surface area contributed by atoms with E-state index < -0.39 is 73.4 Å². The first-order chi connectivity index (χ1) is 20.3. The number of fused-ring (bicyclic) bond motifs is 1. The molecule has 0 radical (unpaired) electrons. The van der Waals surface area contributed by atoms with Crippen molar-refractivity contribution in [1.82, 2.24) is 0 Å². The lowest BCUT2D eigenvalue weighted by Gasteiger charge is -2.60. The molecule has 0 amide bonds. The molecule has 8 N–H and O–H groups in total. The normalized spacial score (nSPS) is 47.5. The van der Waals surface area contributed by atoms with Crippen LogP contribution in [-0.4, -0.2) is 129 Å². The molecule has 14 atom stereocenters. The van der Waals surface area contributed by atoms with E-state index in [9.17, 15) is 40.9 Å². The van der Waals surface area contributed by atoms with Gasteiger partial charge in [-0.05, 0) is 62.7 Å². The molecule has 0 bridgehead atoms. The van der Waals surface area contributed by atoms with Crippen LogP contribution < -0.4 is 0 Å². The standard InChI is InChI=1S/C31H52O12/c1-16(5-7-18-17(2)6-8-21-30(18,3)11-9-22(34)31(21,4)15-33)10-12-40-28-27(39)25(37)24(36)20(43-28)14-41-29-26(38)23(35)19(13-32)42-29/h10,18-29,32-39H,2,5-9,11-15H2,1,3-4H3/b16-10+. The summed E-state index contributed by atoms with van der Waals surface area (Å²) in [5.41, 5.74) is 1.69. The van der Waals surface area contributed by atoms with E-state index in [1.807, 2.05) is 19.9 Å². The minimum Gasteiger partial charge on any atom is -0.396 e. The van der Waals surface area contributed by atoms with Gasteiger partial charge in [0.15, 0.2) is 12.6 Å². The van der Waals surface area contributed by atoms with Gasteiger partial charge in [-0.3, -0.25) is 0 Å². The Hall–Kier alpha value is -1.00. The van der Waals surface area contributed by atoms with Gasteiger partial charge in [0.2, 0.25) is 0 Å². The van der Waals surface area contributed by atoms with Crippen molar-refractivity contribution in [1.29, 1.82) is 0 Å². The second-order valence-corrected chi connectivity index (χ2v) is 13.5. The highest BCUT2D eigenvalue weighted by atomic mass is 16.7. The Morgan fingerprint density at radius 2 is 1.53 bits per heavy atom. The number of aliphatic hydroxyl groups excluding tert-OH is 8. The van der Waals surface area contributed by atoms with Gasteiger partial charge in [-0.15, -0.1) is 0 Å². The van der Waals surface area contributed by atoms with Crippen molar-refractivity contribution in [3.8, 4) is 0 Å². The first kappa shape index (κ1) is 34.9. The summed E-state index contributed by atoms with van der Waals surface area (Å²) in [7, 11) is 0. The van der Waals surface area contributed by atoms with Crippen molar-refractivity contribution in [2.75, 3.05) is 26.4 Å². The summed E-state index contributed by atoms with van der Waals surface area (Å²) in [6, 6.07) is 0. The van der Waals surface area contributed by atoms with E-state index in [-0.39, 0.29) is 37.1 Å². The largest absolute Gasteiger partial charge is 0.396 e. The van der Waals surface area contributed by atoms with Crippen LogP contribution in [-0.2, 0) is 18.9 Å². The molecule has 4 rings (SSSR count). The van der Waals surface area contributed by atoms with Crippen LogP contribution >= 0.6 is 0 Å². The minimum absolute atomic E-state index is 0.0404. The second-order valence-electron chi connectivity index (χ2n) is 13.5. The van der Waals surface area contributed by atoms with E-state index in [4.69, 9.17) is 18.9 Å². The van der Waals surface area contributed by atoms with Crippen molar-refractivity contribution in [2.45, 2.75) is 121 Å². The van der Waals surface area contributed by atoms with Crippen LogP contribution in [0.3, 0.4) is 0 Å². The number of rotatable bonds is 11. The number of ether oxygens (including phenoxy) is 4. The van der Waals surface area contributed by atoms with Gasteiger partial charge in [0.05, 0.1) is 32.5 Å². The van der Waals surface area contributed by atoms with Crippen molar-refractivity contribution in [3.05, 3.63) is 23.8 Å². The average Bonchev–Trinajstić information content (AvgIpc) is 3.26. The zero-order valence-electron chi connectivity index (χ0n) is 25.5. The van der Waals surface area contributed by atoms with Crippen LogP contribution in [0.5, 0.6) is 0 Å². The number of aliphatic hydroxyl groups is 8. The van der Waals surface area contributed by atoms with E-state index >= 15 is 0 Å². The third-order valence-electron chi connectivity index (χ3n) is 10.8. The molecule has 2 aliphatic carbocycles. The molecule has 43 heavy (non-hydrogen) atoms. The zero-order valence-corrected chi connectivity index (χ0v) is 25.5. The predicted octanol–water partition coefficient (Wildman–Crippen LogP) is -0.265.